The number of nitrogens with zero attached hydrogens (tertiary/aromatic N) is 4. The van der Waals surface area contributed by atoms with E-state index in [1.165, 1.54) is 0 Å². The van der Waals surface area contributed by atoms with Crippen molar-refractivity contribution >= 4 is 5.82 Å². The molecule has 3 rings (SSSR count). The van der Waals surface area contributed by atoms with Crippen LogP contribution in [0, 0.1) is 13.8 Å². The first-order valence-electron chi connectivity index (χ1n) is 6.35. The van der Waals surface area contributed by atoms with Gasteiger partial charge in [-0.2, -0.15) is 0 Å². The normalized spacial score (nSPS) is 15.4. The van der Waals surface area contributed by atoms with Gasteiger partial charge in [-0.05, 0) is 26.0 Å². The fraction of sp³-hybridized carbons (Fsp3) is 0.357. The van der Waals surface area contributed by atoms with Gasteiger partial charge in [0.05, 0.1) is 6.10 Å². The maximum absolute atomic E-state index is 9.43. The highest BCUT2D eigenvalue weighted by Gasteiger charge is 2.28. The Bertz CT molecular complexity index is 594. The predicted octanol–water partition coefficient (Wildman–Crippen LogP) is 1.34. The van der Waals surface area contributed by atoms with Crippen molar-refractivity contribution in [2.24, 2.45) is 0 Å². The molecule has 1 saturated heterocycles. The van der Waals surface area contributed by atoms with Crippen molar-refractivity contribution in [3.8, 4) is 11.5 Å². The van der Waals surface area contributed by atoms with Crippen LogP contribution in [0.3, 0.4) is 0 Å². The van der Waals surface area contributed by atoms with E-state index < -0.39 is 0 Å². The largest absolute Gasteiger partial charge is 0.389 e. The lowest BCUT2D eigenvalue weighted by atomic mass is 10.1. The highest BCUT2D eigenvalue weighted by atomic mass is 16.3. The molecule has 2 aromatic heterocycles. The van der Waals surface area contributed by atoms with Crippen molar-refractivity contribution in [1.82, 2.24) is 15.0 Å². The second kappa shape index (κ2) is 4.59. The van der Waals surface area contributed by atoms with E-state index in [0.717, 1.165) is 22.8 Å². The van der Waals surface area contributed by atoms with Gasteiger partial charge in [-0.1, -0.05) is 6.07 Å². The molecule has 0 amide bonds. The van der Waals surface area contributed by atoms with E-state index in [9.17, 15) is 5.11 Å². The van der Waals surface area contributed by atoms with Gasteiger partial charge in [0.1, 0.15) is 11.5 Å². The lowest BCUT2D eigenvalue weighted by molar-refractivity contribution is 0.141. The summed E-state index contributed by atoms with van der Waals surface area (Å²) in [4.78, 5) is 15.5. The zero-order chi connectivity index (χ0) is 13.4. The van der Waals surface area contributed by atoms with Crippen molar-refractivity contribution in [2.75, 3.05) is 18.0 Å². The fourth-order valence-corrected chi connectivity index (χ4v) is 2.16. The number of aromatic nitrogens is 3. The number of aryl methyl sites for hydroxylation is 1. The Hall–Kier alpha value is -2.01. The summed E-state index contributed by atoms with van der Waals surface area (Å²) in [6, 6.07) is 5.70. The van der Waals surface area contributed by atoms with E-state index in [0.29, 0.717) is 18.9 Å². The number of rotatable bonds is 2. The Morgan fingerprint density at radius 2 is 2.00 bits per heavy atom. The fourth-order valence-electron chi connectivity index (χ4n) is 2.16. The third-order valence-corrected chi connectivity index (χ3v) is 3.42. The number of hydrogen-bond donors (Lipinski definition) is 1. The number of aliphatic hydroxyl groups is 1. The number of β-amino-alcohol motifs (C(OH)–C–C–N with tert-alkyl or cyclic N) is 1. The summed E-state index contributed by atoms with van der Waals surface area (Å²) in [6.45, 7) is 5.26. The molecular weight excluding hydrogens is 240 g/mol. The molecule has 0 spiro atoms. The van der Waals surface area contributed by atoms with Gasteiger partial charge in [0.25, 0.3) is 0 Å². The zero-order valence-electron chi connectivity index (χ0n) is 11.0. The van der Waals surface area contributed by atoms with Crippen molar-refractivity contribution in [1.29, 1.82) is 0 Å². The molecule has 0 saturated carbocycles. The van der Waals surface area contributed by atoms with Gasteiger partial charge >= 0.3 is 0 Å². The van der Waals surface area contributed by atoms with E-state index in [1.807, 2.05) is 32.0 Å². The van der Waals surface area contributed by atoms with Gasteiger partial charge in [-0.3, -0.25) is 4.98 Å². The maximum Gasteiger partial charge on any atom is 0.180 e. The first kappa shape index (κ1) is 12.0. The minimum atomic E-state index is -0.243. The summed E-state index contributed by atoms with van der Waals surface area (Å²) in [5.74, 6) is 1.54. The molecule has 5 nitrogen and oxygen atoms in total. The maximum atomic E-state index is 9.43. The first-order valence-corrected chi connectivity index (χ1v) is 6.35. The van der Waals surface area contributed by atoms with Crippen molar-refractivity contribution in [3.05, 3.63) is 35.7 Å². The summed E-state index contributed by atoms with van der Waals surface area (Å²) >= 11 is 0. The molecule has 2 aromatic rings. The lowest BCUT2D eigenvalue weighted by Gasteiger charge is -2.37. The molecule has 19 heavy (non-hydrogen) atoms. The van der Waals surface area contributed by atoms with Gasteiger partial charge < -0.3 is 10.0 Å². The highest BCUT2D eigenvalue weighted by Crippen LogP contribution is 2.26. The third-order valence-electron chi connectivity index (χ3n) is 3.42. The SMILES string of the molecule is Cc1nc(-c2ccccn2)nc(N2CC(O)C2)c1C. The first-order chi connectivity index (χ1) is 9.15. The van der Waals surface area contributed by atoms with Crippen LogP contribution in [0.2, 0.25) is 0 Å². The quantitative estimate of drug-likeness (QED) is 0.878. The number of aliphatic hydroxyl groups excluding tert-OH is 1. The summed E-state index contributed by atoms with van der Waals surface area (Å²) in [5.41, 5.74) is 2.78. The van der Waals surface area contributed by atoms with Gasteiger partial charge in [0, 0.05) is 30.5 Å². The van der Waals surface area contributed by atoms with E-state index in [2.05, 4.69) is 19.9 Å². The van der Waals surface area contributed by atoms with Crippen LogP contribution < -0.4 is 4.90 Å². The molecule has 1 N–H and O–H groups in total. The Morgan fingerprint density at radius 1 is 1.21 bits per heavy atom. The molecular formula is C14H16N4O. The predicted molar refractivity (Wildman–Crippen MR) is 73.0 cm³/mol. The van der Waals surface area contributed by atoms with Crippen LogP contribution in [0.5, 0.6) is 0 Å². The summed E-state index contributed by atoms with van der Waals surface area (Å²) in [6.07, 6.45) is 1.49. The number of pyridine rings is 1. The van der Waals surface area contributed by atoms with Crippen molar-refractivity contribution < 1.29 is 5.11 Å². The molecule has 1 fully saturated rings. The second-order valence-electron chi connectivity index (χ2n) is 4.86. The third kappa shape index (κ3) is 2.17. The average molecular weight is 256 g/mol. The molecule has 98 valence electrons. The van der Waals surface area contributed by atoms with Crippen molar-refractivity contribution in [3.63, 3.8) is 0 Å². The smallest absolute Gasteiger partial charge is 0.180 e. The molecule has 0 radical (unpaired) electrons. The Labute approximate surface area is 112 Å². The molecule has 0 bridgehead atoms. The molecule has 0 aromatic carbocycles. The highest BCUT2D eigenvalue weighted by molar-refractivity contribution is 5.58. The van der Waals surface area contributed by atoms with Gasteiger partial charge in [0.15, 0.2) is 5.82 Å². The zero-order valence-corrected chi connectivity index (χ0v) is 11.0. The van der Waals surface area contributed by atoms with E-state index in [4.69, 9.17) is 0 Å². The van der Waals surface area contributed by atoms with Crippen LogP contribution >= 0.6 is 0 Å². The summed E-state index contributed by atoms with van der Waals surface area (Å²) in [5, 5.41) is 9.43. The van der Waals surface area contributed by atoms with Crippen LogP contribution in [0.1, 0.15) is 11.3 Å². The number of hydrogen-bond acceptors (Lipinski definition) is 5. The topological polar surface area (TPSA) is 62.1 Å². The molecule has 1 aliphatic heterocycles. The Balaban J connectivity index is 2.03. The van der Waals surface area contributed by atoms with Crippen LogP contribution in [-0.4, -0.2) is 39.3 Å². The van der Waals surface area contributed by atoms with E-state index in [1.54, 1.807) is 6.20 Å². The Kier molecular flexibility index (Phi) is 2.91. The van der Waals surface area contributed by atoms with Crippen LogP contribution in [-0.2, 0) is 0 Å². The number of anilines is 1. The van der Waals surface area contributed by atoms with Gasteiger partial charge in [-0.15, -0.1) is 0 Å². The molecule has 1 aliphatic rings. The molecule has 0 atom stereocenters. The summed E-state index contributed by atoms with van der Waals surface area (Å²) in [7, 11) is 0. The molecule has 0 aliphatic carbocycles. The molecule has 5 heteroatoms. The average Bonchev–Trinajstić information content (AvgIpc) is 2.39. The van der Waals surface area contributed by atoms with Crippen LogP contribution in [0.25, 0.3) is 11.5 Å². The van der Waals surface area contributed by atoms with Crippen molar-refractivity contribution in [2.45, 2.75) is 20.0 Å². The molecule has 0 unspecified atom stereocenters. The molecule has 3 heterocycles. The minimum Gasteiger partial charge on any atom is -0.389 e. The van der Waals surface area contributed by atoms with Crippen LogP contribution in [0.15, 0.2) is 24.4 Å². The summed E-state index contributed by atoms with van der Waals surface area (Å²) < 4.78 is 0. The monoisotopic (exact) mass is 256 g/mol. The van der Waals surface area contributed by atoms with Gasteiger partial charge in [0.2, 0.25) is 0 Å². The van der Waals surface area contributed by atoms with E-state index >= 15 is 0 Å². The minimum absolute atomic E-state index is 0.243. The second-order valence-corrected chi connectivity index (χ2v) is 4.86. The standard InChI is InChI=1S/C14H16N4O/c1-9-10(2)16-13(12-5-3-4-6-15-12)17-14(9)18-7-11(19)8-18/h3-6,11,19H,7-8H2,1-2H3. The van der Waals surface area contributed by atoms with E-state index in [-0.39, 0.29) is 6.10 Å². The Morgan fingerprint density at radius 3 is 2.63 bits per heavy atom. The van der Waals surface area contributed by atoms with Crippen LogP contribution in [0.4, 0.5) is 5.82 Å². The van der Waals surface area contributed by atoms with Gasteiger partial charge in [-0.25, -0.2) is 9.97 Å². The lowest BCUT2D eigenvalue weighted by Crippen LogP contribution is -2.51.